The van der Waals surface area contributed by atoms with Crippen molar-refractivity contribution in [3.05, 3.63) is 34.2 Å². The van der Waals surface area contributed by atoms with Gasteiger partial charge in [0.25, 0.3) is 0 Å². The first-order valence-electron chi connectivity index (χ1n) is 5.74. The molecule has 1 aromatic heterocycles. The Kier molecular flexibility index (Phi) is 4.40. The van der Waals surface area contributed by atoms with Crippen molar-refractivity contribution in [3.63, 3.8) is 0 Å². The largest absolute Gasteiger partial charge is 0.395 e. The Bertz CT molecular complexity index is 497. The quantitative estimate of drug-likeness (QED) is 0.900. The van der Waals surface area contributed by atoms with Crippen LogP contribution in [0.15, 0.2) is 23.6 Å². The number of likely N-dealkylation sites (N-methyl/N-ethyl adjacent to an activating group) is 1. The fourth-order valence-electron chi connectivity index (χ4n) is 1.93. The zero-order valence-corrected chi connectivity index (χ0v) is 11.4. The Morgan fingerprint density at radius 1 is 1.41 bits per heavy atom. The molecule has 17 heavy (non-hydrogen) atoms. The van der Waals surface area contributed by atoms with Crippen LogP contribution in [0.25, 0.3) is 10.1 Å². The molecule has 0 bridgehead atoms. The molecule has 0 aliphatic carbocycles. The van der Waals surface area contributed by atoms with E-state index in [0.29, 0.717) is 6.54 Å². The summed E-state index contributed by atoms with van der Waals surface area (Å²) >= 11 is 7.85. The normalized spacial score (nSPS) is 11.5. The molecule has 0 unspecified atom stereocenters. The number of benzene rings is 1. The van der Waals surface area contributed by atoms with Crippen molar-refractivity contribution >= 4 is 33.0 Å². The predicted molar refractivity (Wildman–Crippen MR) is 74.9 cm³/mol. The van der Waals surface area contributed by atoms with Crippen molar-refractivity contribution < 1.29 is 5.11 Å². The molecule has 0 saturated carbocycles. The molecule has 0 radical (unpaired) electrons. The zero-order chi connectivity index (χ0) is 12.3. The smallest absolute Gasteiger partial charge is 0.0584 e. The van der Waals surface area contributed by atoms with Gasteiger partial charge in [0.1, 0.15) is 0 Å². The number of nitrogens with zero attached hydrogens (tertiary/aromatic N) is 1. The Hall–Kier alpha value is -0.610. The van der Waals surface area contributed by atoms with E-state index in [9.17, 15) is 0 Å². The second-order valence-electron chi connectivity index (χ2n) is 3.97. The monoisotopic (exact) mass is 269 g/mol. The summed E-state index contributed by atoms with van der Waals surface area (Å²) in [6.45, 7) is 4.85. The topological polar surface area (TPSA) is 23.5 Å². The van der Waals surface area contributed by atoms with Crippen molar-refractivity contribution in [2.75, 3.05) is 19.7 Å². The Morgan fingerprint density at radius 3 is 2.94 bits per heavy atom. The third-order valence-electron chi connectivity index (χ3n) is 2.89. The standard InChI is InChI=1S/C13H16ClNOS/c1-2-15(6-7-16)8-10-9-17-13-11(10)4-3-5-12(13)14/h3-5,9,16H,2,6-8H2,1H3. The van der Waals surface area contributed by atoms with Crippen LogP contribution < -0.4 is 0 Å². The van der Waals surface area contributed by atoms with Crippen molar-refractivity contribution in [2.45, 2.75) is 13.5 Å². The Morgan fingerprint density at radius 2 is 2.24 bits per heavy atom. The highest BCUT2D eigenvalue weighted by Crippen LogP contribution is 2.32. The highest BCUT2D eigenvalue weighted by atomic mass is 35.5. The van der Waals surface area contributed by atoms with E-state index in [-0.39, 0.29) is 6.61 Å². The molecule has 0 amide bonds. The van der Waals surface area contributed by atoms with E-state index in [1.807, 2.05) is 12.1 Å². The van der Waals surface area contributed by atoms with Crippen LogP contribution in [0.5, 0.6) is 0 Å². The molecule has 0 aliphatic rings. The lowest BCUT2D eigenvalue weighted by atomic mass is 10.1. The van der Waals surface area contributed by atoms with Gasteiger partial charge in [-0.15, -0.1) is 11.3 Å². The van der Waals surface area contributed by atoms with Gasteiger partial charge in [-0.25, -0.2) is 0 Å². The average Bonchev–Trinajstić information content (AvgIpc) is 2.73. The van der Waals surface area contributed by atoms with Crippen molar-refractivity contribution in [1.82, 2.24) is 4.90 Å². The number of thiophene rings is 1. The summed E-state index contributed by atoms with van der Waals surface area (Å²) in [7, 11) is 0. The number of aliphatic hydroxyl groups is 1. The summed E-state index contributed by atoms with van der Waals surface area (Å²) < 4.78 is 1.16. The molecule has 0 fully saturated rings. The maximum Gasteiger partial charge on any atom is 0.0584 e. The summed E-state index contributed by atoms with van der Waals surface area (Å²) in [6.07, 6.45) is 0. The van der Waals surface area contributed by atoms with Crippen LogP contribution >= 0.6 is 22.9 Å². The zero-order valence-electron chi connectivity index (χ0n) is 9.82. The fraction of sp³-hybridized carbons (Fsp3) is 0.385. The maximum atomic E-state index is 8.99. The summed E-state index contributed by atoms with van der Waals surface area (Å²) in [5, 5.41) is 13.2. The molecule has 0 spiro atoms. The van der Waals surface area contributed by atoms with Crippen molar-refractivity contribution in [3.8, 4) is 0 Å². The number of hydrogen-bond acceptors (Lipinski definition) is 3. The molecular formula is C13H16ClNOS. The van der Waals surface area contributed by atoms with Gasteiger partial charge in [0.2, 0.25) is 0 Å². The van der Waals surface area contributed by atoms with E-state index in [2.05, 4.69) is 23.3 Å². The minimum Gasteiger partial charge on any atom is -0.395 e. The van der Waals surface area contributed by atoms with E-state index in [1.54, 1.807) is 11.3 Å². The van der Waals surface area contributed by atoms with Crippen LogP contribution in [-0.4, -0.2) is 29.7 Å². The number of fused-ring (bicyclic) bond motifs is 1. The van der Waals surface area contributed by atoms with Crippen molar-refractivity contribution in [2.24, 2.45) is 0 Å². The molecule has 92 valence electrons. The highest BCUT2D eigenvalue weighted by Gasteiger charge is 2.09. The molecule has 1 heterocycles. The molecule has 0 aliphatic heterocycles. The minimum absolute atomic E-state index is 0.205. The van der Waals surface area contributed by atoms with E-state index in [1.165, 1.54) is 10.9 Å². The van der Waals surface area contributed by atoms with Gasteiger partial charge in [0.15, 0.2) is 0 Å². The van der Waals surface area contributed by atoms with Gasteiger partial charge in [0, 0.05) is 13.1 Å². The molecular weight excluding hydrogens is 254 g/mol. The van der Waals surface area contributed by atoms with Gasteiger partial charge in [0.05, 0.1) is 16.3 Å². The first kappa shape index (κ1) is 12.8. The Balaban J connectivity index is 2.27. The summed E-state index contributed by atoms with van der Waals surface area (Å²) in [4.78, 5) is 2.22. The Labute approximate surface area is 110 Å². The van der Waals surface area contributed by atoms with E-state index in [4.69, 9.17) is 16.7 Å². The number of aliphatic hydroxyl groups excluding tert-OH is 1. The molecule has 2 aromatic rings. The summed E-state index contributed by atoms with van der Waals surface area (Å²) in [6, 6.07) is 6.03. The van der Waals surface area contributed by atoms with Gasteiger partial charge < -0.3 is 5.11 Å². The first-order valence-corrected chi connectivity index (χ1v) is 6.99. The summed E-state index contributed by atoms with van der Waals surface area (Å²) in [5.74, 6) is 0. The van der Waals surface area contributed by atoms with E-state index in [0.717, 1.165) is 22.8 Å². The molecule has 1 aromatic carbocycles. The molecule has 2 nitrogen and oxygen atoms in total. The molecule has 0 saturated heterocycles. The number of hydrogen-bond donors (Lipinski definition) is 1. The highest BCUT2D eigenvalue weighted by molar-refractivity contribution is 7.18. The van der Waals surface area contributed by atoms with Crippen LogP contribution in [0, 0.1) is 0 Å². The average molecular weight is 270 g/mol. The van der Waals surface area contributed by atoms with Crippen LogP contribution in [-0.2, 0) is 6.54 Å². The third kappa shape index (κ3) is 2.80. The molecule has 0 atom stereocenters. The molecule has 4 heteroatoms. The lowest BCUT2D eigenvalue weighted by Gasteiger charge is -2.18. The van der Waals surface area contributed by atoms with Gasteiger partial charge >= 0.3 is 0 Å². The second kappa shape index (κ2) is 5.83. The number of rotatable bonds is 5. The number of halogens is 1. The van der Waals surface area contributed by atoms with Gasteiger partial charge in [-0.1, -0.05) is 30.7 Å². The fourth-order valence-corrected chi connectivity index (χ4v) is 3.21. The SMILES string of the molecule is CCN(CCO)Cc1csc2c(Cl)cccc12. The van der Waals surface area contributed by atoms with Crippen molar-refractivity contribution in [1.29, 1.82) is 0 Å². The van der Waals surface area contributed by atoms with Crippen LogP contribution in [0.3, 0.4) is 0 Å². The lowest BCUT2D eigenvalue weighted by Crippen LogP contribution is -2.25. The van der Waals surface area contributed by atoms with Gasteiger partial charge in [-0.3, -0.25) is 4.90 Å². The van der Waals surface area contributed by atoms with E-state index >= 15 is 0 Å². The third-order valence-corrected chi connectivity index (χ3v) is 4.39. The molecule has 1 N–H and O–H groups in total. The maximum absolute atomic E-state index is 8.99. The van der Waals surface area contributed by atoms with Crippen LogP contribution in [0.2, 0.25) is 5.02 Å². The predicted octanol–water partition coefficient (Wildman–Crippen LogP) is 3.37. The van der Waals surface area contributed by atoms with Gasteiger partial charge in [-0.05, 0) is 28.9 Å². The molecule has 2 rings (SSSR count). The van der Waals surface area contributed by atoms with Gasteiger partial charge in [-0.2, -0.15) is 0 Å². The second-order valence-corrected chi connectivity index (χ2v) is 5.26. The first-order chi connectivity index (χ1) is 8.26. The van der Waals surface area contributed by atoms with Crippen LogP contribution in [0.4, 0.5) is 0 Å². The summed E-state index contributed by atoms with van der Waals surface area (Å²) in [5.41, 5.74) is 1.29. The van der Waals surface area contributed by atoms with E-state index < -0.39 is 0 Å². The minimum atomic E-state index is 0.205. The lowest BCUT2D eigenvalue weighted by molar-refractivity contribution is 0.197. The van der Waals surface area contributed by atoms with Crippen LogP contribution in [0.1, 0.15) is 12.5 Å².